The maximum absolute atomic E-state index is 11.8. The molecule has 1 saturated carbocycles. The summed E-state index contributed by atoms with van der Waals surface area (Å²) in [6.07, 6.45) is 3.76. The molecule has 12 heteroatoms. The maximum atomic E-state index is 11.8. The molecule has 1 aliphatic carbocycles. The van der Waals surface area contributed by atoms with E-state index >= 15 is 0 Å². The van der Waals surface area contributed by atoms with Crippen LogP contribution in [0.25, 0.3) is 22.8 Å². The number of hydrogen-bond donors (Lipinski definition) is 0. The number of benzene rings is 1. The van der Waals surface area contributed by atoms with Crippen molar-refractivity contribution in [2.24, 2.45) is 0 Å². The van der Waals surface area contributed by atoms with Gasteiger partial charge in [-0.15, -0.1) is 0 Å². The van der Waals surface area contributed by atoms with Gasteiger partial charge in [-0.3, -0.25) is 0 Å². The highest BCUT2D eigenvalue weighted by molar-refractivity contribution is 6.39. The largest absolute Gasteiger partial charge is 0.464 e. The van der Waals surface area contributed by atoms with Crippen molar-refractivity contribution in [3.8, 4) is 22.8 Å². The Kier molecular flexibility index (Phi) is 7.24. The zero-order valence-corrected chi connectivity index (χ0v) is 22.6. The Morgan fingerprint density at radius 1 is 1.00 bits per heavy atom. The number of carbonyl (C=O) groups is 1. The minimum atomic E-state index is -0.531. The topological polar surface area (TPSA) is 117 Å². The normalized spacial score (nSPS) is 16.0. The van der Waals surface area contributed by atoms with Gasteiger partial charge < -0.3 is 23.4 Å². The molecule has 1 aromatic carbocycles. The number of methoxy groups -OCH3 is 1. The van der Waals surface area contributed by atoms with Crippen LogP contribution in [0.5, 0.6) is 0 Å². The van der Waals surface area contributed by atoms with E-state index in [1.807, 2.05) is 11.0 Å². The first-order valence-electron chi connectivity index (χ1n) is 12.7. The molecule has 1 saturated heterocycles. The van der Waals surface area contributed by atoms with Crippen LogP contribution in [0.3, 0.4) is 0 Å². The van der Waals surface area contributed by atoms with Gasteiger partial charge in [0.25, 0.3) is 11.8 Å². The van der Waals surface area contributed by atoms with E-state index in [-0.39, 0.29) is 17.7 Å². The van der Waals surface area contributed by atoms with E-state index < -0.39 is 5.97 Å². The summed E-state index contributed by atoms with van der Waals surface area (Å²) in [5.41, 5.74) is 2.81. The molecule has 202 valence electrons. The Labute approximate surface area is 234 Å². The second kappa shape index (κ2) is 11.0. The SMILES string of the molecule is COC(=O)c1cccc(-c2nc(N3CCC(OCc4c(-c5c(Cl)cccc5Cl)noc4C4CC4)CC3)no2)n1. The van der Waals surface area contributed by atoms with E-state index in [0.717, 1.165) is 37.0 Å². The molecule has 0 bridgehead atoms. The molecule has 0 unspecified atom stereocenters. The lowest BCUT2D eigenvalue weighted by Gasteiger charge is -2.30. The van der Waals surface area contributed by atoms with Crippen LogP contribution < -0.4 is 4.90 Å². The van der Waals surface area contributed by atoms with E-state index in [0.29, 0.717) is 58.6 Å². The lowest BCUT2D eigenvalue weighted by atomic mass is 10.0. The summed E-state index contributed by atoms with van der Waals surface area (Å²) < 4.78 is 22.3. The van der Waals surface area contributed by atoms with Crippen molar-refractivity contribution in [1.29, 1.82) is 0 Å². The van der Waals surface area contributed by atoms with Crippen LogP contribution in [-0.2, 0) is 16.1 Å². The first kappa shape index (κ1) is 25.8. The standard InChI is InChI=1S/C27H25Cl2N5O5/c1-36-26(35)21-7-3-6-20(30-21)25-31-27(33-39-25)34-12-10-16(11-13-34)37-14-17-23(32-38-24(17)15-8-9-15)22-18(28)4-2-5-19(22)29/h2-7,15-16H,8-14H2,1H3. The fourth-order valence-corrected chi connectivity index (χ4v) is 5.27. The Hall–Kier alpha value is -3.47. The third kappa shape index (κ3) is 5.36. The molecule has 0 atom stereocenters. The molecule has 3 aromatic heterocycles. The monoisotopic (exact) mass is 569 g/mol. The van der Waals surface area contributed by atoms with E-state index in [4.69, 9.17) is 41.7 Å². The predicted molar refractivity (Wildman–Crippen MR) is 143 cm³/mol. The van der Waals surface area contributed by atoms with Crippen molar-refractivity contribution < 1.29 is 23.3 Å². The van der Waals surface area contributed by atoms with E-state index in [1.165, 1.54) is 7.11 Å². The molecule has 2 fully saturated rings. The first-order valence-corrected chi connectivity index (χ1v) is 13.5. The van der Waals surface area contributed by atoms with Crippen molar-refractivity contribution >= 4 is 35.1 Å². The number of anilines is 1. The van der Waals surface area contributed by atoms with Crippen LogP contribution in [0.2, 0.25) is 10.0 Å². The van der Waals surface area contributed by atoms with Crippen LogP contribution in [0.4, 0.5) is 5.95 Å². The highest BCUT2D eigenvalue weighted by atomic mass is 35.5. The molecule has 39 heavy (non-hydrogen) atoms. The number of carbonyl (C=O) groups excluding carboxylic acids is 1. The second-order valence-corrected chi connectivity index (χ2v) is 10.4. The number of nitrogens with zero attached hydrogens (tertiary/aromatic N) is 5. The Morgan fingerprint density at radius 2 is 1.74 bits per heavy atom. The Bertz CT molecular complexity index is 1470. The van der Waals surface area contributed by atoms with Crippen molar-refractivity contribution in [2.45, 2.75) is 44.3 Å². The fourth-order valence-electron chi connectivity index (χ4n) is 4.69. The molecule has 0 N–H and O–H groups in total. The van der Waals surface area contributed by atoms with Gasteiger partial charge in [-0.1, -0.05) is 40.5 Å². The maximum Gasteiger partial charge on any atom is 0.356 e. The summed E-state index contributed by atoms with van der Waals surface area (Å²) in [7, 11) is 1.31. The van der Waals surface area contributed by atoms with Gasteiger partial charge in [0.15, 0.2) is 0 Å². The molecule has 10 nitrogen and oxygen atoms in total. The van der Waals surface area contributed by atoms with Gasteiger partial charge in [0.2, 0.25) is 0 Å². The van der Waals surface area contributed by atoms with Gasteiger partial charge in [0, 0.05) is 30.1 Å². The molecule has 0 amide bonds. The molecular formula is C27H25Cl2N5O5. The van der Waals surface area contributed by atoms with E-state index in [9.17, 15) is 4.79 Å². The first-order chi connectivity index (χ1) is 19.0. The predicted octanol–water partition coefficient (Wildman–Crippen LogP) is 5.94. The van der Waals surface area contributed by atoms with E-state index in [1.54, 1.807) is 30.3 Å². The van der Waals surface area contributed by atoms with Crippen LogP contribution >= 0.6 is 23.2 Å². The third-order valence-electron chi connectivity index (χ3n) is 6.93. The third-order valence-corrected chi connectivity index (χ3v) is 7.56. The molecule has 2 aliphatic rings. The molecule has 0 spiro atoms. The number of piperidine rings is 1. The number of ether oxygens (including phenoxy) is 2. The number of pyridine rings is 1. The number of rotatable bonds is 8. The van der Waals surface area contributed by atoms with Gasteiger partial charge in [0.05, 0.1) is 29.9 Å². The van der Waals surface area contributed by atoms with Gasteiger partial charge in [0.1, 0.15) is 22.8 Å². The van der Waals surface area contributed by atoms with Crippen LogP contribution in [0, 0.1) is 0 Å². The second-order valence-electron chi connectivity index (χ2n) is 9.54. The van der Waals surface area contributed by atoms with Crippen LogP contribution in [-0.4, -0.2) is 52.6 Å². The highest BCUT2D eigenvalue weighted by Crippen LogP contribution is 2.46. The fraction of sp³-hybridized carbons (Fsp3) is 0.370. The van der Waals surface area contributed by atoms with Crippen molar-refractivity contribution in [3.05, 3.63) is 63.5 Å². The van der Waals surface area contributed by atoms with Gasteiger partial charge in [-0.2, -0.15) is 4.98 Å². The summed E-state index contributed by atoms with van der Waals surface area (Å²) >= 11 is 13.0. The minimum absolute atomic E-state index is 0.0440. The van der Waals surface area contributed by atoms with Gasteiger partial charge in [-0.05, 0) is 55.1 Å². The van der Waals surface area contributed by atoms with Crippen molar-refractivity contribution in [2.75, 3.05) is 25.1 Å². The zero-order chi connectivity index (χ0) is 26.9. The molecule has 6 rings (SSSR count). The summed E-state index contributed by atoms with van der Waals surface area (Å²) in [6, 6.07) is 10.4. The summed E-state index contributed by atoms with van der Waals surface area (Å²) in [5.74, 6) is 1.40. The minimum Gasteiger partial charge on any atom is -0.464 e. The summed E-state index contributed by atoms with van der Waals surface area (Å²) in [6.45, 7) is 1.76. The van der Waals surface area contributed by atoms with Gasteiger partial charge >= 0.3 is 5.97 Å². The molecule has 1 aliphatic heterocycles. The average molecular weight is 570 g/mol. The number of aromatic nitrogens is 4. The van der Waals surface area contributed by atoms with Crippen LogP contribution in [0.15, 0.2) is 45.4 Å². The highest BCUT2D eigenvalue weighted by Gasteiger charge is 2.34. The zero-order valence-electron chi connectivity index (χ0n) is 21.1. The molecule has 0 radical (unpaired) electrons. The molecular weight excluding hydrogens is 545 g/mol. The Balaban J connectivity index is 1.11. The lowest BCUT2D eigenvalue weighted by Crippen LogP contribution is -2.37. The smallest absolute Gasteiger partial charge is 0.356 e. The summed E-state index contributed by atoms with van der Waals surface area (Å²) in [4.78, 5) is 22.6. The lowest BCUT2D eigenvalue weighted by molar-refractivity contribution is 0.0244. The summed E-state index contributed by atoms with van der Waals surface area (Å²) in [5, 5.41) is 9.52. The van der Waals surface area contributed by atoms with E-state index in [2.05, 4.69) is 20.3 Å². The van der Waals surface area contributed by atoms with Gasteiger partial charge in [-0.25, -0.2) is 9.78 Å². The molecule has 4 heterocycles. The van der Waals surface area contributed by atoms with Crippen molar-refractivity contribution in [3.63, 3.8) is 0 Å². The Morgan fingerprint density at radius 3 is 2.46 bits per heavy atom. The number of esters is 1. The number of halogens is 2. The molecule has 4 aromatic rings. The average Bonchev–Trinajstić information content (AvgIpc) is 3.53. The van der Waals surface area contributed by atoms with Crippen LogP contribution in [0.1, 0.15) is 53.4 Å². The quantitative estimate of drug-likeness (QED) is 0.236. The number of hydrogen-bond acceptors (Lipinski definition) is 10. The van der Waals surface area contributed by atoms with Crippen molar-refractivity contribution in [1.82, 2.24) is 20.3 Å².